The zero-order valence-electron chi connectivity index (χ0n) is 23.1. The van der Waals surface area contributed by atoms with E-state index in [1.807, 2.05) is 0 Å². The fourth-order valence-corrected chi connectivity index (χ4v) is 7.09. The van der Waals surface area contributed by atoms with Gasteiger partial charge in [-0.05, 0) is 82.0 Å². The number of benzene rings is 3. The van der Waals surface area contributed by atoms with Gasteiger partial charge in [-0.2, -0.15) is 0 Å². The molecule has 0 spiro atoms. The molecule has 3 heteroatoms. The first-order valence-electron chi connectivity index (χ1n) is 14.4. The highest BCUT2D eigenvalue weighted by Crippen LogP contribution is 2.45. The second-order valence-corrected chi connectivity index (χ2v) is 11.9. The van der Waals surface area contributed by atoms with Crippen molar-refractivity contribution in [3.63, 3.8) is 0 Å². The Morgan fingerprint density at radius 2 is 1.45 bits per heavy atom. The minimum Gasteiger partial charge on any atom is -0.448 e. The number of hydrogen-bond donors (Lipinski definition) is 0. The Hall–Kier alpha value is -3.33. The number of fused-ring (bicyclic) bond motifs is 5. The lowest BCUT2D eigenvalue weighted by Gasteiger charge is -2.45. The highest BCUT2D eigenvalue weighted by atomic mass is 16.6. The largest absolute Gasteiger partial charge is 0.448 e. The summed E-state index contributed by atoms with van der Waals surface area (Å²) in [5.41, 5.74) is 10.7. The van der Waals surface area contributed by atoms with Gasteiger partial charge in [-0.15, -0.1) is 0 Å². The maximum Gasteiger partial charge on any atom is 0.410 e. The van der Waals surface area contributed by atoms with Crippen LogP contribution in [0.25, 0.3) is 16.7 Å². The smallest absolute Gasteiger partial charge is 0.410 e. The van der Waals surface area contributed by atoms with Gasteiger partial charge >= 0.3 is 6.09 Å². The van der Waals surface area contributed by atoms with Crippen LogP contribution in [0.15, 0.2) is 72.8 Å². The highest BCUT2D eigenvalue weighted by molar-refractivity contribution is 5.80. The average Bonchev–Trinajstić information content (AvgIpc) is 3.24. The van der Waals surface area contributed by atoms with E-state index in [2.05, 4.69) is 105 Å². The molecule has 2 heterocycles. The number of hydrogen-bond acceptors (Lipinski definition) is 2. The number of rotatable bonds is 5. The molecule has 38 heavy (non-hydrogen) atoms. The van der Waals surface area contributed by atoms with Crippen molar-refractivity contribution in [3.05, 3.63) is 101 Å². The monoisotopic (exact) mass is 505 g/mol. The molecular formula is C35H39NO2. The summed E-state index contributed by atoms with van der Waals surface area (Å²) in [5.74, 6) is 1.02. The molecule has 0 radical (unpaired) electrons. The second kappa shape index (κ2) is 10.1. The summed E-state index contributed by atoms with van der Waals surface area (Å²) in [6, 6.07) is 24.2. The van der Waals surface area contributed by atoms with Gasteiger partial charge in [0, 0.05) is 12.0 Å². The van der Waals surface area contributed by atoms with Crippen LogP contribution in [0.3, 0.4) is 0 Å². The van der Waals surface area contributed by atoms with Gasteiger partial charge in [0.25, 0.3) is 0 Å². The molecule has 3 aromatic carbocycles. The van der Waals surface area contributed by atoms with Crippen molar-refractivity contribution in [1.29, 1.82) is 0 Å². The molecular weight excluding hydrogens is 466 g/mol. The molecule has 0 aromatic heterocycles. The third-order valence-corrected chi connectivity index (χ3v) is 8.88. The second-order valence-electron chi connectivity index (χ2n) is 11.9. The van der Waals surface area contributed by atoms with E-state index in [-0.39, 0.29) is 24.1 Å². The first-order valence-corrected chi connectivity index (χ1v) is 14.4. The molecule has 1 fully saturated rings. The van der Waals surface area contributed by atoms with Gasteiger partial charge in [-0.1, -0.05) is 101 Å². The molecule has 1 aliphatic carbocycles. The molecule has 3 nitrogen and oxygen atoms in total. The van der Waals surface area contributed by atoms with Gasteiger partial charge in [-0.3, -0.25) is 4.90 Å². The van der Waals surface area contributed by atoms with Gasteiger partial charge in [-0.25, -0.2) is 4.79 Å². The number of carbonyl (C=O) groups excluding carboxylic acids is 1. The van der Waals surface area contributed by atoms with Gasteiger partial charge < -0.3 is 4.74 Å². The lowest BCUT2D eigenvalue weighted by molar-refractivity contribution is 0.0538. The summed E-state index contributed by atoms with van der Waals surface area (Å²) in [7, 11) is 0. The number of carbonyl (C=O) groups is 1. The minimum atomic E-state index is -0.155. The van der Waals surface area contributed by atoms with Crippen molar-refractivity contribution in [1.82, 2.24) is 4.90 Å². The van der Waals surface area contributed by atoms with E-state index in [1.165, 1.54) is 44.5 Å². The summed E-state index contributed by atoms with van der Waals surface area (Å²) in [6.07, 6.45) is 6.35. The first kappa shape index (κ1) is 25.0. The molecule has 0 N–H and O–H groups in total. The Bertz CT molecular complexity index is 1310. The summed E-state index contributed by atoms with van der Waals surface area (Å²) in [6.45, 7) is 9.53. The fourth-order valence-electron chi connectivity index (χ4n) is 7.09. The van der Waals surface area contributed by atoms with Crippen LogP contribution in [0.5, 0.6) is 0 Å². The molecule has 1 saturated heterocycles. The third-order valence-electron chi connectivity index (χ3n) is 8.88. The standard InChI is InChI=1S/C35H39NO2/c1-22(2)27-17-10-18-28(23(3)4)34(27)24-19-25-11-9-12-26(20-24)36(25)35(37)38-21-33-31-15-7-5-13-29(31)30-14-6-8-16-32(30)33/h5-8,10,13-19,22-23,25-26,33H,9,11-12,20-21H2,1-4H3. The molecule has 6 rings (SSSR count). The van der Waals surface area contributed by atoms with Crippen LogP contribution in [0.1, 0.15) is 98.9 Å². The topological polar surface area (TPSA) is 29.5 Å². The summed E-state index contributed by atoms with van der Waals surface area (Å²) in [5, 5.41) is 0. The van der Waals surface area contributed by atoms with E-state index in [9.17, 15) is 4.79 Å². The predicted octanol–water partition coefficient (Wildman–Crippen LogP) is 8.89. The number of amides is 1. The van der Waals surface area contributed by atoms with Gasteiger partial charge in [0.1, 0.15) is 6.61 Å². The van der Waals surface area contributed by atoms with Crippen LogP contribution in [-0.2, 0) is 4.74 Å². The van der Waals surface area contributed by atoms with Crippen LogP contribution in [0.4, 0.5) is 4.79 Å². The molecule has 2 bridgehead atoms. The normalized spacial score (nSPS) is 20.4. The van der Waals surface area contributed by atoms with E-state index < -0.39 is 0 Å². The van der Waals surface area contributed by atoms with Crippen LogP contribution < -0.4 is 0 Å². The fraction of sp³-hybridized carbons (Fsp3) is 0.400. The molecule has 2 aliphatic heterocycles. The molecule has 2 unspecified atom stereocenters. The zero-order valence-corrected chi connectivity index (χ0v) is 23.1. The van der Waals surface area contributed by atoms with Crippen molar-refractivity contribution < 1.29 is 9.53 Å². The Labute approximate surface area is 227 Å². The third kappa shape index (κ3) is 4.26. The molecule has 2 atom stereocenters. The van der Waals surface area contributed by atoms with Crippen molar-refractivity contribution in [2.24, 2.45) is 0 Å². The van der Waals surface area contributed by atoms with E-state index in [0.717, 1.165) is 25.7 Å². The van der Waals surface area contributed by atoms with E-state index in [1.54, 1.807) is 0 Å². The van der Waals surface area contributed by atoms with Gasteiger partial charge in [0.2, 0.25) is 0 Å². The predicted molar refractivity (Wildman–Crippen MR) is 156 cm³/mol. The molecule has 196 valence electrons. The van der Waals surface area contributed by atoms with Gasteiger partial charge in [0.05, 0.1) is 6.04 Å². The Balaban J connectivity index is 1.26. The SMILES string of the molecule is CC(C)c1cccc(C(C)C)c1C1=CC2CCCC(C1)N2C(=O)OCC1c2ccccc2-c2ccccc21. The van der Waals surface area contributed by atoms with Crippen molar-refractivity contribution in [2.75, 3.05) is 6.61 Å². The molecule has 0 saturated carbocycles. The van der Waals surface area contributed by atoms with Crippen molar-refractivity contribution >= 4 is 11.7 Å². The van der Waals surface area contributed by atoms with Crippen molar-refractivity contribution in [3.8, 4) is 11.1 Å². The maximum absolute atomic E-state index is 13.7. The van der Waals surface area contributed by atoms with Crippen LogP contribution in [-0.4, -0.2) is 29.7 Å². The molecule has 3 aliphatic rings. The van der Waals surface area contributed by atoms with Crippen LogP contribution in [0, 0.1) is 0 Å². The molecule has 1 amide bonds. The van der Waals surface area contributed by atoms with Crippen LogP contribution in [0.2, 0.25) is 0 Å². The van der Waals surface area contributed by atoms with Crippen LogP contribution >= 0.6 is 0 Å². The lowest BCUT2D eigenvalue weighted by atomic mass is 9.78. The maximum atomic E-state index is 13.7. The minimum absolute atomic E-state index is 0.0913. The van der Waals surface area contributed by atoms with Gasteiger partial charge in [0.15, 0.2) is 0 Å². The highest BCUT2D eigenvalue weighted by Gasteiger charge is 2.40. The summed E-state index contributed by atoms with van der Waals surface area (Å²) < 4.78 is 6.14. The average molecular weight is 506 g/mol. The zero-order chi connectivity index (χ0) is 26.4. The van der Waals surface area contributed by atoms with E-state index >= 15 is 0 Å². The number of piperidine rings is 1. The Kier molecular flexibility index (Phi) is 6.63. The summed E-state index contributed by atoms with van der Waals surface area (Å²) in [4.78, 5) is 15.7. The number of ether oxygens (including phenoxy) is 1. The quantitative estimate of drug-likeness (QED) is 0.346. The van der Waals surface area contributed by atoms with Crippen molar-refractivity contribution in [2.45, 2.75) is 83.2 Å². The van der Waals surface area contributed by atoms with E-state index in [0.29, 0.717) is 18.4 Å². The first-order chi connectivity index (χ1) is 18.4. The lowest BCUT2D eigenvalue weighted by Crippen LogP contribution is -2.52. The number of nitrogens with zero attached hydrogens (tertiary/aromatic N) is 1. The Morgan fingerprint density at radius 1 is 0.842 bits per heavy atom. The van der Waals surface area contributed by atoms with E-state index in [4.69, 9.17) is 4.74 Å². The Morgan fingerprint density at radius 3 is 2.03 bits per heavy atom. The molecule has 3 aromatic rings. The summed E-state index contributed by atoms with van der Waals surface area (Å²) >= 11 is 0.